The maximum atomic E-state index is 12.6. The van der Waals surface area contributed by atoms with Crippen LogP contribution in [0, 0.1) is 5.92 Å². The molecule has 2 unspecified atom stereocenters. The summed E-state index contributed by atoms with van der Waals surface area (Å²) in [5, 5.41) is 10.9. The van der Waals surface area contributed by atoms with Gasteiger partial charge in [-0.1, -0.05) is 0 Å². The van der Waals surface area contributed by atoms with E-state index in [0.717, 1.165) is 36.0 Å². The molecule has 0 amide bonds. The van der Waals surface area contributed by atoms with Crippen molar-refractivity contribution in [3.63, 3.8) is 0 Å². The zero-order valence-electron chi connectivity index (χ0n) is 15.6. The molecule has 1 N–H and O–H groups in total. The molecule has 0 aliphatic carbocycles. The molecular weight excluding hydrogens is 332 g/mol. The largest absolute Gasteiger partial charge is 0.497 e. The third-order valence-corrected chi connectivity index (χ3v) is 5.00. The van der Waals surface area contributed by atoms with Gasteiger partial charge in [-0.25, -0.2) is 4.79 Å². The van der Waals surface area contributed by atoms with Crippen molar-refractivity contribution in [3.8, 4) is 5.75 Å². The van der Waals surface area contributed by atoms with Crippen LogP contribution in [0.25, 0.3) is 10.9 Å². The molecule has 1 aromatic carbocycles. The Balaban J connectivity index is 2.14. The molecule has 6 heteroatoms. The first-order valence-corrected chi connectivity index (χ1v) is 9.12. The maximum Gasteiger partial charge on any atom is 0.341 e. The smallest absolute Gasteiger partial charge is 0.341 e. The van der Waals surface area contributed by atoms with Gasteiger partial charge < -0.3 is 19.5 Å². The lowest BCUT2D eigenvalue weighted by Crippen LogP contribution is -2.40. The molecular formula is C20H26N2O4. The molecule has 3 rings (SSSR count). The molecule has 0 spiro atoms. The van der Waals surface area contributed by atoms with Crippen molar-refractivity contribution in [1.82, 2.24) is 4.98 Å². The minimum absolute atomic E-state index is 0.174. The molecule has 0 saturated carbocycles. The van der Waals surface area contributed by atoms with Crippen molar-refractivity contribution in [2.24, 2.45) is 5.92 Å². The molecule has 6 nitrogen and oxygen atoms in total. The van der Waals surface area contributed by atoms with Gasteiger partial charge in [-0.3, -0.25) is 4.98 Å². The molecule has 1 fully saturated rings. The number of hydrogen-bond donors (Lipinski definition) is 1. The van der Waals surface area contributed by atoms with Crippen LogP contribution in [-0.2, 0) is 4.74 Å². The number of aromatic nitrogens is 1. The highest BCUT2D eigenvalue weighted by Crippen LogP contribution is 2.35. The highest BCUT2D eigenvalue weighted by atomic mass is 16.5. The minimum atomic E-state index is -0.383. The fourth-order valence-electron chi connectivity index (χ4n) is 3.59. The topological polar surface area (TPSA) is 71.9 Å². The van der Waals surface area contributed by atoms with Crippen LogP contribution in [0.15, 0.2) is 24.4 Å². The summed E-state index contributed by atoms with van der Waals surface area (Å²) in [5.74, 6) is 0.511. The predicted octanol–water partition coefficient (Wildman–Crippen LogP) is 3.02. The number of anilines is 1. The monoisotopic (exact) mass is 358 g/mol. The number of benzene rings is 1. The number of nitrogens with zero attached hydrogens (tertiary/aromatic N) is 2. The summed E-state index contributed by atoms with van der Waals surface area (Å²) in [6.07, 6.45) is 3.15. The van der Waals surface area contributed by atoms with Crippen molar-refractivity contribution in [2.75, 3.05) is 31.7 Å². The number of methoxy groups -OCH3 is 1. The Morgan fingerprint density at radius 1 is 1.46 bits per heavy atom. The first-order valence-electron chi connectivity index (χ1n) is 9.12. The molecule has 26 heavy (non-hydrogen) atoms. The van der Waals surface area contributed by atoms with E-state index < -0.39 is 0 Å². The number of ether oxygens (including phenoxy) is 2. The first kappa shape index (κ1) is 18.5. The highest BCUT2D eigenvalue weighted by molar-refractivity contribution is 6.05. The Kier molecular flexibility index (Phi) is 5.61. The van der Waals surface area contributed by atoms with Gasteiger partial charge in [0.1, 0.15) is 11.3 Å². The van der Waals surface area contributed by atoms with E-state index in [1.54, 1.807) is 20.2 Å². The first-order chi connectivity index (χ1) is 12.5. The number of pyridine rings is 1. The summed E-state index contributed by atoms with van der Waals surface area (Å²) in [4.78, 5) is 19.2. The number of piperidine rings is 1. The van der Waals surface area contributed by atoms with Crippen LogP contribution in [0.5, 0.6) is 5.75 Å². The van der Waals surface area contributed by atoms with Crippen LogP contribution >= 0.6 is 0 Å². The lowest BCUT2D eigenvalue weighted by molar-refractivity contribution is 0.0526. The van der Waals surface area contributed by atoms with Crippen LogP contribution in [0.1, 0.15) is 37.0 Å². The molecule has 2 aromatic rings. The van der Waals surface area contributed by atoms with E-state index in [9.17, 15) is 9.90 Å². The van der Waals surface area contributed by atoms with Gasteiger partial charge in [-0.2, -0.15) is 0 Å². The molecule has 1 aliphatic heterocycles. The lowest BCUT2D eigenvalue weighted by Gasteiger charge is -2.37. The number of esters is 1. The molecule has 2 heterocycles. The standard InChI is InChI=1S/C20H26N2O4/c1-4-26-20(24)17-11-21-18-8-7-15(25-3)10-16(18)19(17)22-9-5-6-14(12-22)13(2)23/h7-8,10-11,13-14,23H,4-6,9,12H2,1-3H3. The van der Waals surface area contributed by atoms with Crippen molar-refractivity contribution in [2.45, 2.75) is 32.8 Å². The van der Waals surface area contributed by atoms with Gasteiger partial charge in [0.15, 0.2) is 0 Å². The molecule has 0 bridgehead atoms. The summed E-state index contributed by atoms with van der Waals surface area (Å²) in [5.41, 5.74) is 2.07. The average Bonchev–Trinajstić information content (AvgIpc) is 2.66. The lowest BCUT2D eigenvalue weighted by atomic mass is 9.92. The number of hydrogen-bond acceptors (Lipinski definition) is 6. The SMILES string of the molecule is CCOC(=O)c1cnc2ccc(OC)cc2c1N1CCCC(C(C)O)C1. The molecule has 1 aromatic heterocycles. The van der Waals surface area contributed by atoms with Crippen LogP contribution < -0.4 is 9.64 Å². The van der Waals surface area contributed by atoms with E-state index in [-0.39, 0.29) is 18.0 Å². The van der Waals surface area contributed by atoms with E-state index in [1.165, 1.54) is 0 Å². The average molecular weight is 358 g/mol. The zero-order valence-corrected chi connectivity index (χ0v) is 15.6. The number of carbonyl (C=O) groups is 1. The van der Waals surface area contributed by atoms with Gasteiger partial charge in [0, 0.05) is 30.6 Å². The van der Waals surface area contributed by atoms with Crippen molar-refractivity contribution in [1.29, 1.82) is 0 Å². The molecule has 2 atom stereocenters. The number of aliphatic hydroxyl groups is 1. The quantitative estimate of drug-likeness (QED) is 0.829. The van der Waals surface area contributed by atoms with E-state index in [4.69, 9.17) is 9.47 Å². The van der Waals surface area contributed by atoms with Gasteiger partial charge in [0.05, 0.1) is 31.0 Å². The van der Waals surface area contributed by atoms with Crippen LogP contribution in [-0.4, -0.2) is 49.0 Å². The minimum Gasteiger partial charge on any atom is -0.497 e. The second-order valence-corrected chi connectivity index (χ2v) is 6.71. The maximum absolute atomic E-state index is 12.6. The molecule has 140 valence electrons. The Morgan fingerprint density at radius 3 is 2.96 bits per heavy atom. The summed E-state index contributed by atoms with van der Waals surface area (Å²) in [6, 6.07) is 5.66. The van der Waals surface area contributed by atoms with E-state index in [2.05, 4.69) is 9.88 Å². The van der Waals surface area contributed by atoms with Gasteiger partial charge >= 0.3 is 5.97 Å². The normalized spacial score (nSPS) is 18.6. The Bertz CT molecular complexity index is 791. The second-order valence-electron chi connectivity index (χ2n) is 6.71. The molecule has 1 saturated heterocycles. The highest BCUT2D eigenvalue weighted by Gasteiger charge is 2.28. The van der Waals surface area contributed by atoms with Crippen molar-refractivity contribution < 1.29 is 19.4 Å². The third kappa shape index (κ3) is 3.60. The van der Waals surface area contributed by atoms with Gasteiger partial charge in [0.25, 0.3) is 0 Å². The van der Waals surface area contributed by atoms with Crippen LogP contribution in [0.4, 0.5) is 5.69 Å². The van der Waals surface area contributed by atoms with Gasteiger partial charge in [0.2, 0.25) is 0 Å². The molecule has 1 aliphatic rings. The Labute approximate surface area is 153 Å². The summed E-state index contributed by atoms with van der Waals surface area (Å²) >= 11 is 0. The summed E-state index contributed by atoms with van der Waals surface area (Å²) in [6.45, 7) is 5.45. The zero-order chi connectivity index (χ0) is 18.7. The number of carbonyl (C=O) groups excluding carboxylic acids is 1. The predicted molar refractivity (Wildman–Crippen MR) is 101 cm³/mol. The van der Waals surface area contributed by atoms with E-state index >= 15 is 0 Å². The fraction of sp³-hybridized carbons (Fsp3) is 0.500. The third-order valence-electron chi connectivity index (χ3n) is 5.00. The Morgan fingerprint density at radius 2 is 2.27 bits per heavy atom. The van der Waals surface area contributed by atoms with Crippen molar-refractivity contribution >= 4 is 22.6 Å². The van der Waals surface area contributed by atoms with E-state index in [0.29, 0.717) is 24.5 Å². The fourth-order valence-corrected chi connectivity index (χ4v) is 3.59. The van der Waals surface area contributed by atoms with Gasteiger partial charge in [-0.15, -0.1) is 0 Å². The Hall–Kier alpha value is -2.34. The van der Waals surface area contributed by atoms with Crippen LogP contribution in [0.2, 0.25) is 0 Å². The summed E-state index contributed by atoms with van der Waals surface area (Å²) < 4.78 is 10.6. The number of aliphatic hydroxyl groups excluding tert-OH is 1. The number of rotatable bonds is 5. The van der Waals surface area contributed by atoms with Crippen molar-refractivity contribution in [3.05, 3.63) is 30.0 Å². The van der Waals surface area contributed by atoms with E-state index in [1.807, 2.05) is 25.1 Å². The number of fused-ring (bicyclic) bond motifs is 1. The summed E-state index contributed by atoms with van der Waals surface area (Å²) in [7, 11) is 1.62. The van der Waals surface area contributed by atoms with Gasteiger partial charge in [-0.05, 0) is 44.9 Å². The van der Waals surface area contributed by atoms with Crippen LogP contribution in [0.3, 0.4) is 0 Å². The molecule has 0 radical (unpaired) electrons. The second kappa shape index (κ2) is 7.91.